The topological polar surface area (TPSA) is 30.9 Å². The van der Waals surface area contributed by atoms with Gasteiger partial charge in [0.2, 0.25) is 0 Å². The van der Waals surface area contributed by atoms with Crippen molar-refractivity contribution >= 4 is 15.9 Å². The van der Waals surface area contributed by atoms with Gasteiger partial charge in [-0.1, -0.05) is 0 Å². The number of nitrogens with two attached hydrogens (primary N) is 1. The van der Waals surface area contributed by atoms with Gasteiger partial charge in [-0.05, 0) is 58.5 Å². The van der Waals surface area contributed by atoms with Gasteiger partial charge in [-0.15, -0.1) is 0 Å². The summed E-state index contributed by atoms with van der Waals surface area (Å²) in [4.78, 5) is 0. The first kappa shape index (κ1) is 13.8. The number of nitrogens with zero attached hydrogens (tertiary/aromatic N) is 1. The van der Waals surface area contributed by atoms with Crippen LogP contribution in [0.25, 0.3) is 0 Å². The van der Waals surface area contributed by atoms with Gasteiger partial charge in [-0.3, -0.25) is 0 Å². The van der Waals surface area contributed by atoms with Crippen molar-refractivity contribution in [2.24, 2.45) is 5.73 Å². The molecule has 1 atom stereocenters. The van der Waals surface area contributed by atoms with Crippen molar-refractivity contribution in [1.29, 1.82) is 0 Å². The second kappa shape index (κ2) is 5.30. The molecule has 20 heavy (non-hydrogen) atoms. The molecular formula is C15H15BrF2N2. The first-order chi connectivity index (χ1) is 9.56. The fraction of sp³-hybridized carbons (Fsp3) is 0.333. The molecule has 0 spiro atoms. The normalized spacial score (nSPS) is 18.1. The molecule has 0 radical (unpaired) electrons. The fourth-order valence-electron chi connectivity index (χ4n) is 2.77. The molecule has 1 aromatic heterocycles. The maximum absolute atomic E-state index is 14.0. The van der Waals surface area contributed by atoms with E-state index in [1.807, 2.05) is 17.0 Å². The highest BCUT2D eigenvalue weighted by Crippen LogP contribution is 2.29. The van der Waals surface area contributed by atoms with Crippen molar-refractivity contribution in [3.8, 4) is 0 Å². The third kappa shape index (κ3) is 2.40. The number of aryl methyl sites for hydroxylation is 1. The summed E-state index contributed by atoms with van der Waals surface area (Å²) in [5.41, 5.74) is 8.44. The van der Waals surface area contributed by atoms with E-state index in [0.29, 0.717) is 0 Å². The Bertz CT molecular complexity index is 652. The molecule has 1 aliphatic rings. The van der Waals surface area contributed by atoms with Gasteiger partial charge in [-0.2, -0.15) is 0 Å². The Labute approximate surface area is 124 Å². The number of fused-ring (bicyclic) bond motifs is 1. The van der Waals surface area contributed by atoms with E-state index in [9.17, 15) is 8.78 Å². The quantitative estimate of drug-likeness (QED) is 0.825. The number of hydrogen-bond acceptors (Lipinski definition) is 1. The predicted molar refractivity (Wildman–Crippen MR) is 77.5 cm³/mol. The summed E-state index contributed by atoms with van der Waals surface area (Å²) in [5, 5.41) is 0. The Morgan fingerprint density at radius 2 is 2.10 bits per heavy atom. The van der Waals surface area contributed by atoms with Crippen molar-refractivity contribution in [2.75, 3.05) is 0 Å². The third-order valence-electron chi connectivity index (χ3n) is 3.84. The summed E-state index contributed by atoms with van der Waals surface area (Å²) in [7, 11) is 0. The van der Waals surface area contributed by atoms with Crippen molar-refractivity contribution in [3.63, 3.8) is 0 Å². The number of benzene rings is 1. The van der Waals surface area contributed by atoms with E-state index in [1.54, 1.807) is 0 Å². The van der Waals surface area contributed by atoms with E-state index in [4.69, 9.17) is 5.73 Å². The average molecular weight is 341 g/mol. The summed E-state index contributed by atoms with van der Waals surface area (Å²) >= 11 is 3.09. The molecule has 1 aromatic carbocycles. The van der Waals surface area contributed by atoms with Crippen LogP contribution < -0.4 is 5.73 Å². The molecule has 2 N–H and O–H groups in total. The van der Waals surface area contributed by atoms with Crippen LogP contribution in [0.2, 0.25) is 0 Å². The van der Waals surface area contributed by atoms with Gasteiger partial charge in [-0.25, -0.2) is 8.78 Å². The van der Waals surface area contributed by atoms with Crippen LogP contribution in [0, 0.1) is 11.6 Å². The largest absolute Gasteiger partial charge is 0.349 e. The van der Waals surface area contributed by atoms with Crippen LogP contribution in [-0.2, 0) is 13.0 Å². The molecule has 106 valence electrons. The molecule has 0 amide bonds. The Balaban J connectivity index is 1.95. The Morgan fingerprint density at radius 1 is 1.30 bits per heavy atom. The molecule has 1 aliphatic carbocycles. The lowest BCUT2D eigenvalue weighted by atomic mass is 9.92. The molecule has 5 heteroatoms. The maximum atomic E-state index is 14.0. The minimum absolute atomic E-state index is 0.0391. The highest BCUT2D eigenvalue weighted by Gasteiger charge is 2.20. The molecule has 0 fully saturated rings. The van der Waals surface area contributed by atoms with E-state index in [0.717, 1.165) is 24.8 Å². The lowest BCUT2D eigenvalue weighted by Crippen LogP contribution is -2.15. The van der Waals surface area contributed by atoms with Gasteiger partial charge >= 0.3 is 0 Å². The van der Waals surface area contributed by atoms with Crippen LogP contribution >= 0.6 is 15.9 Å². The molecule has 1 unspecified atom stereocenters. The molecule has 0 bridgehead atoms. The summed E-state index contributed by atoms with van der Waals surface area (Å²) in [6, 6.07) is 2.69. The van der Waals surface area contributed by atoms with Gasteiger partial charge in [0.15, 0.2) is 0 Å². The number of aromatic nitrogens is 1. The summed E-state index contributed by atoms with van der Waals surface area (Å²) in [6.45, 7) is 0.177. The SMILES string of the molecule is NC1CCCc2cn(Cc3c(F)ccc(Br)c3F)cc21. The van der Waals surface area contributed by atoms with Gasteiger partial charge in [0.05, 0.1) is 11.0 Å². The molecule has 0 aliphatic heterocycles. The van der Waals surface area contributed by atoms with Crippen LogP contribution in [-0.4, -0.2) is 4.57 Å². The van der Waals surface area contributed by atoms with Crippen LogP contribution in [0.4, 0.5) is 8.78 Å². The first-order valence-corrected chi connectivity index (χ1v) is 7.42. The van der Waals surface area contributed by atoms with E-state index >= 15 is 0 Å². The molecule has 0 saturated carbocycles. The number of hydrogen-bond donors (Lipinski definition) is 1. The Kier molecular flexibility index (Phi) is 3.65. The van der Waals surface area contributed by atoms with Crippen LogP contribution in [0.1, 0.15) is 35.6 Å². The van der Waals surface area contributed by atoms with Gasteiger partial charge in [0.1, 0.15) is 11.6 Å². The summed E-state index contributed by atoms with van der Waals surface area (Å²) in [5.74, 6) is -1.07. The zero-order valence-electron chi connectivity index (χ0n) is 10.9. The summed E-state index contributed by atoms with van der Waals surface area (Å²) < 4.78 is 29.9. The summed E-state index contributed by atoms with van der Waals surface area (Å²) in [6.07, 6.45) is 6.89. The van der Waals surface area contributed by atoms with Gasteiger partial charge in [0, 0.05) is 24.0 Å². The van der Waals surface area contributed by atoms with E-state index in [-0.39, 0.29) is 22.6 Å². The maximum Gasteiger partial charge on any atom is 0.145 e. The molecular weight excluding hydrogens is 326 g/mol. The number of halogens is 3. The molecule has 0 saturated heterocycles. The smallest absolute Gasteiger partial charge is 0.145 e. The minimum atomic E-state index is -0.541. The fourth-order valence-corrected chi connectivity index (χ4v) is 3.14. The molecule has 2 aromatic rings. The van der Waals surface area contributed by atoms with Crippen molar-refractivity contribution in [2.45, 2.75) is 31.8 Å². The zero-order valence-corrected chi connectivity index (χ0v) is 12.5. The van der Waals surface area contributed by atoms with Crippen LogP contribution in [0.3, 0.4) is 0 Å². The van der Waals surface area contributed by atoms with E-state index < -0.39 is 11.6 Å². The second-order valence-electron chi connectivity index (χ2n) is 5.23. The van der Waals surface area contributed by atoms with Gasteiger partial charge in [0.25, 0.3) is 0 Å². The predicted octanol–water partition coefficient (Wildman–Crippen LogP) is 3.91. The number of rotatable bonds is 2. The average Bonchev–Trinajstić information content (AvgIpc) is 2.83. The van der Waals surface area contributed by atoms with E-state index in [1.165, 1.54) is 17.7 Å². The Morgan fingerprint density at radius 3 is 2.85 bits per heavy atom. The highest BCUT2D eigenvalue weighted by atomic mass is 79.9. The van der Waals surface area contributed by atoms with Gasteiger partial charge < -0.3 is 10.3 Å². The lowest BCUT2D eigenvalue weighted by molar-refractivity contribution is 0.540. The van der Waals surface area contributed by atoms with Crippen LogP contribution in [0.15, 0.2) is 29.0 Å². The van der Waals surface area contributed by atoms with E-state index in [2.05, 4.69) is 15.9 Å². The monoisotopic (exact) mass is 340 g/mol. The van der Waals surface area contributed by atoms with Crippen LogP contribution in [0.5, 0.6) is 0 Å². The lowest BCUT2D eigenvalue weighted by Gasteiger charge is -2.17. The standard InChI is InChI=1S/C15H15BrF2N2/c16-12-4-5-13(17)11(15(12)18)8-20-6-9-2-1-3-14(19)10(9)7-20/h4-7,14H,1-3,8,19H2. The third-order valence-corrected chi connectivity index (χ3v) is 4.45. The highest BCUT2D eigenvalue weighted by molar-refractivity contribution is 9.10. The molecule has 1 heterocycles. The Hall–Kier alpha value is -1.20. The molecule has 2 nitrogen and oxygen atoms in total. The van der Waals surface area contributed by atoms with Crippen molar-refractivity contribution in [3.05, 3.63) is 57.3 Å². The second-order valence-corrected chi connectivity index (χ2v) is 6.09. The first-order valence-electron chi connectivity index (χ1n) is 6.62. The van der Waals surface area contributed by atoms with Crippen molar-refractivity contribution < 1.29 is 8.78 Å². The minimum Gasteiger partial charge on any atom is -0.349 e. The zero-order chi connectivity index (χ0) is 14.3. The molecule has 3 rings (SSSR count). The van der Waals surface area contributed by atoms with Crippen molar-refractivity contribution in [1.82, 2.24) is 4.57 Å².